The van der Waals surface area contributed by atoms with Crippen molar-refractivity contribution in [3.63, 3.8) is 0 Å². The SMILES string of the molecule is CCOC(=O)[C@H]1C(=O)NC(SCC(=O)Nc2cccc(OC)c2)=C(C#N)[C@@H]1c1ccccc1OC. The highest BCUT2D eigenvalue weighted by Crippen LogP contribution is 2.43. The summed E-state index contributed by atoms with van der Waals surface area (Å²) >= 11 is 0.999. The first-order valence-corrected chi connectivity index (χ1v) is 11.7. The van der Waals surface area contributed by atoms with Crippen molar-refractivity contribution >= 4 is 35.2 Å². The number of carbonyl (C=O) groups excluding carboxylic acids is 3. The summed E-state index contributed by atoms with van der Waals surface area (Å²) in [5.41, 5.74) is 1.19. The van der Waals surface area contributed by atoms with E-state index < -0.39 is 23.7 Å². The molecule has 2 amide bonds. The lowest BCUT2D eigenvalue weighted by Gasteiger charge is -2.31. The molecule has 1 heterocycles. The number of nitrogens with one attached hydrogen (secondary N) is 2. The number of para-hydroxylation sites is 1. The molecule has 2 aromatic carbocycles. The molecule has 0 bridgehead atoms. The monoisotopic (exact) mass is 495 g/mol. The van der Waals surface area contributed by atoms with Gasteiger partial charge in [-0.2, -0.15) is 5.26 Å². The van der Waals surface area contributed by atoms with E-state index in [1.54, 1.807) is 55.5 Å². The highest BCUT2D eigenvalue weighted by molar-refractivity contribution is 8.03. The Morgan fingerprint density at radius 2 is 1.91 bits per heavy atom. The molecule has 2 aromatic rings. The molecule has 182 valence electrons. The van der Waals surface area contributed by atoms with Gasteiger partial charge in [0.05, 0.1) is 43.3 Å². The topological polar surface area (TPSA) is 127 Å². The number of carbonyl (C=O) groups is 3. The molecular formula is C25H25N3O6S. The second-order valence-electron chi connectivity index (χ2n) is 7.36. The van der Waals surface area contributed by atoms with E-state index in [1.165, 1.54) is 14.2 Å². The highest BCUT2D eigenvalue weighted by Gasteiger charge is 2.45. The van der Waals surface area contributed by atoms with E-state index in [0.29, 0.717) is 22.7 Å². The summed E-state index contributed by atoms with van der Waals surface area (Å²) in [6.45, 7) is 1.72. The highest BCUT2D eigenvalue weighted by atomic mass is 32.2. The van der Waals surface area contributed by atoms with Crippen LogP contribution in [-0.4, -0.2) is 44.4 Å². The number of anilines is 1. The Morgan fingerprint density at radius 3 is 2.60 bits per heavy atom. The number of ether oxygens (including phenoxy) is 3. The fourth-order valence-electron chi connectivity index (χ4n) is 3.72. The number of benzene rings is 2. The van der Waals surface area contributed by atoms with Gasteiger partial charge >= 0.3 is 5.97 Å². The quantitative estimate of drug-likeness (QED) is 0.401. The molecule has 35 heavy (non-hydrogen) atoms. The minimum absolute atomic E-state index is 0.0823. The van der Waals surface area contributed by atoms with Crippen LogP contribution in [0.5, 0.6) is 11.5 Å². The van der Waals surface area contributed by atoms with E-state index >= 15 is 0 Å². The molecule has 0 saturated carbocycles. The molecule has 9 nitrogen and oxygen atoms in total. The number of hydrogen-bond donors (Lipinski definition) is 2. The van der Waals surface area contributed by atoms with Crippen molar-refractivity contribution in [2.45, 2.75) is 12.8 Å². The van der Waals surface area contributed by atoms with Crippen molar-refractivity contribution in [3.8, 4) is 17.6 Å². The first kappa shape index (κ1) is 25.6. The summed E-state index contributed by atoms with van der Waals surface area (Å²) in [6.07, 6.45) is 0. The Hall–Kier alpha value is -3.97. The largest absolute Gasteiger partial charge is 0.497 e. The molecule has 1 aliphatic heterocycles. The number of nitrogens with zero attached hydrogens (tertiary/aromatic N) is 1. The Balaban J connectivity index is 1.92. The van der Waals surface area contributed by atoms with Crippen LogP contribution < -0.4 is 20.1 Å². The molecule has 0 spiro atoms. The van der Waals surface area contributed by atoms with Gasteiger partial charge in [0.15, 0.2) is 0 Å². The van der Waals surface area contributed by atoms with Gasteiger partial charge in [-0.05, 0) is 25.1 Å². The van der Waals surface area contributed by atoms with Gasteiger partial charge in [-0.3, -0.25) is 14.4 Å². The van der Waals surface area contributed by atoms with Gasteiger partial charge in [-0.25, -0.2) is 0 Å². The zero-order valence-electron chi connectivity index (χ0n) is 19.5. The van der Waals surface area contributed by atoms with Gasteiger partial charge in [0.25, 0.3) is 0 Å². The van der Waals surface area contributed by atoms with Crippen LogP contribution in [0.25, 0.3) is 0 Å². The van der Waals surface area contributed by atoms with Crippen molar-refractivity contribution in [3.05, 3.63) is 64.7 Å². The number of nitriles is 1. The molecule has 0 saturated heterocycles. The lowest BCUT2D eigenvalue weighted by atomic mass is 9.78. The number of esters is 1. The van der Waals surface area contributed by atoms with Crippen LogP contribution in [0.3, 0.4) is 0 Å². The summed E-state index contributed by atoms with van der Waals surface area (Å²) in [4.78, 5) is 38.3. The van der Waals surface area contributed by atoms with Gasteiger partial charge < -0.3 is 24.8 Å². The van der Waals surface area contributed by atoms with Crippen molar-refractivity contribution in [2.24, 2.45) is 5.92 Å². The molecule has 0 aromatic heterocycles. The predicted molar refractivity (Wildman–Crippen MR) is 131 cm³/mol. The van der Waals surface area contributed by atoms with Crippen molar-refractivity contribution in [1.29, 1.82) is 5.26 Å². The average Bonchev–Trinajstić information content (AvgIpc) is 2.87. The number of rotatable bonds is 9. The summed E-state index contributed by atoms with van der Waals surface area (Å²) in [5, 5.41) is 15.6. The fraction of sp³-hybridized carbons (Fsp3) is 0.280. The lowest BCUT2D eigenvalue weighted by Crippen LogP contribution is -2.44. The second kappa shape index (κ2) is 11.9. The number of thioether (sulfide) groups is 1. The van der Waals surface area contributed by atoms with E-state index in [2.05, 4.69) is 16.7 Å². The molecule has 2 N–H and O–H groups in total. The van der Waals surface area contributed by atoms with Gasteiger partial charge in [0.2, 0.25) is 11.8 Å². The van der Waals surface area contributed by atoms with Gasteiger partial charge in [0.1, 0.15) is 17.4 Å². The summed E-state index contributed by atoms with van der Waals surface area (Å²) in [5.74, 6) is -2.99. The Bertz CT molecular complexity index is 1190. The van der Waals surface area contributed by atoms with Crippen molar-refractivity contribution in [2.75, 3.05) is 31.9 Å². The third-order valence-electron chi connectivity index (χ3n) is 5.24. The third kappa shape index (κ3) is 5.94. The van der Waals surface area contributed by atoms with Crippen molar-refractivity contribution < 1.29 is 28.6 Å². The molecule has 2 atom stereocenters. The maximum atomic E-state index is 13.0. The Kier molecular flexibility index (Phi) is 8.75. The minimum atomic E-state index is -1.28. The van der Waals surface area contributed by atoms with Crippen LogP contribution in [0.1, 0.15) is 18.4 Å². The summed E-state index contributed by atoms with van der Waals surface area (Å²) < 4.78 is 15.7. The minimum Gasteiger partial charge on any atom is -0.497 e. The van der Waals surface area contributed by atoms with Crippen LogP contribution in [0, 0.1) is 17.2 Å². The first-order valence-electron chi connectivity index (χ1n) is 10.7. The molecule has 0 unspecified atom stereocenters. The third-order valence-corrected chi connectivity index (χ3v) is 6.26. The standard InChI is InChI=1S/C25H25N3O6S/c1-4-34-25(31)22-21(17-10-5-6-11-19(17)33-3)18(13-26)24(28-23(22)30)35-14-20(29)27-15-8-7-9-16(12-15)32-2/h5-12,21-22H,4,14H2,1-3H3,(H,27,29)(H,28,30)/t21-,22+/m0/s1. The molecular weight excluding hydrogens is 470 g/mol. The fourth-order valence-corrected chi connectivity index (χ4v) is 4.57. The molecule has 10 heteroatoms. The van der Waals surface area contributed by atoms with Gasteiger partial charge in [0, 0.05) is 23.2 Å². The second-order valence-corrected chi connectivity index (χ2v) is 8.35. The van der Waals surface area contributed by atoms with Crippen LogP contribution in [-0.2, 0) is 19.1 Å². The zero-order valence-corrected chi connectivity index (χ0v) is 20.3. The van der Waals surface area contributed by atoms with Gasteiger partial charge in [-0.1, -0.05) is 36.0 Å². The number of amides is 2. The number of allylic oxidation sites excluding steroid dienone is 1. The van der Waals surface area contributed by atoms with E-state index in [-0.39, 0.29) is 28.9 Å². The Morgan fingerprint density at radius 1 is 1.14 bits per heavy atom. The smallest absolute Gasteiger partial charge is 0.319 e. The van der Waals surface area contributed by atoms with E-state index in [9.17, 15) is 19.6 Å². The normalized spacial score (nSPS) is 17.1. The van der Waals surface area contributed by atoms with E-state index in [4.69, 9.17) is 14.2 Å². The zero-order chi connectivity index (χ0) is 25.4. The van der Waals surface area contributed by atoms with Crippen LogP contribution >= 0.6 is 11.8 Å². The van der Waals surface area contributed by atoms with Crippen molar-refractivity contribution in [1.82, 2.24) is 5.32 Å². The molecule has 3 rings (SSSR count). The maximum absolute atomic E-state index is 13.0. The van der Waals surface area contributed by atoms with Crippen LogP contribution in [0.2, 0.25) is 0 Å². The summed E-state index contributed by atoms with van der Waals surface area (Å²) in [7, 11) is 3.00. The summed E-state index contributed by atoms with van der Waals surface area (Å²) in [6, 6.07) is 15.9. The van der Waals surface area contributed by atoms with Crippen LogP contribution in [0.4, 0.5) is 5.69 Å². The van der Waals surface area contributed by atoms with Crippen LogP contribution in [0.15, 0.2) is 59.1 Å². The van der Waals surface area contributed by atoms with Gasteiger partial charge in [-0.15, -0.1) is 0 Å². The molecule has 0 fully saturated rings. The average molecular weight is 496 g/mol. The van der Waals surface area contributed by atoms with E-state index in [0.717, 1.165) is 11.8 Å². The maximum Gasteiger partial charge on any atom is 0.319 e. The predicted octanol–water partition coefficient (Wildman–Crippen LogP) is 3.20. The lowest BCUT2D eigenvalue weighted by molar-refractivity contribution is -0.152. The Labute approximate surface area is 207 Å². The number of hydrogen-bond acceptors (Lipinski definition) is 8. The first-order chi connectivity index (χ1) is 16.9. The molecule has 0 radical (unpaired) electrons. The molecule has 1 aliphatic rings. The van der Waals surface area contributed by atoms with E-state index in [1.807, 2.05) is 0 Å². The number of methoxy groups -OCH3 is 2. The molecule has 0 aliphatic carbocycles.